The third-order valence-corrected chi connectivity index (χ3v) is 8.05. The zero-order valence-corrected chi connectivity index (χ0v) is 24.6. The van der Waals surface area contributed by atoms with E-state index in [9.17, 15) is 23.1 Å². The van der Waals surface area contributed by atoms with Gasteiger partial charge in [0.25, 0.3) is 0 Å². The molecule has 0 spiro atoms. The van der Waals surface area contributed by atoms with Crippen LogP contribution in [-0.4, -0.2) is 76.4 Å². The number of nitrogens with zero attached hydrogens (tertiary/aromatic N) is 8. The van der Waals surface area contributed by atoms with Crippen molar-refractivity contribution in [3.8, 4) is 22.6 Å². The van der Waals surface area contributed by atoms with Gasteiger partial charge in [0, 0.05) is 42.5 Å². The molecule has 1 aliphatic rings. The van der Waals surface area contributed by atoms with Crippen molar-refractivity contribution in [2.24, 2.45) is 0 Å². The molecule has 1 atom stereocenters. The maximum Gasteiger partial charge on any atom is 0.234 e. The van der Waals surface area contributed by atoms with Gasteiger partial charge < -0.3 is 20.7 Å². The van der Waals surface area contributed by atoms with Crippen molar-refractivity contribution >= 4 is 11.9 Å². The number of likely N-dealkylation sites (tertiary alicyclic amines) is 1. The molecule has 46 heavy (non-hydrogen) atoms. The number of carbonyl (C=O) groups is 1. The quantitative estimate of drug-likeness (QED) is 0.211. The van der Waals surface area contributed by atoms with Gasteiger partial charge in [0.1, 0.15) is 35.7 Å². The van der Waals surface area contributed by atoms with Gasteiger partial charge in [0.2, 0.25) is 11.9 Å². The Morgan fingerprint density at radius 3 is 2.48 bits per heavy atom. The largest absolute Gasteiger partial charge is 0.381 e. The molecule has 1 saturated heterocycles. The predicted octanol–water partition coefficient (Wildman–Crippen LogP) is 2.94. The molecule has 238 valence electrons. The number of nitrogens with two attached hydrogens (primary N) is 1. The first-order valence-electron chi connectivity index (χ1n) is 14.6. The van der Waals surface area contributed by atoms with Crippen molar-refractivity contribution in [1.29, 1.82) is 0 Å². The highest BCUT2D eigenvalue weighted by atomic mass is 19.1. The Balaban J connectivity index is 1.13. The summed E-state index contributed by atoms with van der Waals surface area (Å²) in [5.41, 5.74) is 6.48. The van der Waals surface area contributed by atoms with E-state index >= 15 is 0 Å². The number of aromatic nitrogens is 7. The fraction of sp³-hybridized carbons (Fsp3) is 0.290. The molecule has 0 saturated carbocycles. The molecule has 15 heteroatoms. The van der Waals surface area contributed by atoms with Gasteiger partial charge in [-0.25, -0.2) is 37.8 Å². The van der Waals surface area contributed by atoms with Crippen LogP contribution in [0.3, 0.4) is 0 Å². The molecule has 2 aromatic carbocycles. The van der Waals surface area contributed by atoms with Gasteiger partial charge in [0.15, 0.2) is 0 Å². The van der Waals surface area contributed by atoms with Gasteiger partial charge in [-0.2, -0.15) is 5.10 Å². The van der Waals surface area contributed by atoms with Crippen LogP contribution in [0.25, 0.3) is 22.6 Å². The van der Waals surface area contributed by atoms with E-state index in [0.29, 0.717) is 43.4 Å². The number of hydrogen-bond acceptors (Lipinski definition) is 9. The predicted molar refractivity (Wildman–Crippen MR) is 161 cm³/mol. The number of anilines is 1. The molecule has 1 amide bonds. The van der Waals surface area contributed by atoms with E-state index in [-0.39, 0.29) is 48.9 Å². The molecule has 0 aliphatic carbocycles. The first-order chi connectivity index (χ1) is 22.2. The number of carbonyl (C=O) groups excluding carboxylic acids is 1. The lowest BCUT2D eigenvalue weighted by Gasteiger charge is -2.33. The highest BCUT2D eigenvalue weighted by Crippen LogP contribution is 2.35. The first kappa shape index (κ1) is 30.9. The van der Waals surface area contributed by atoms with E-state index in [2.05, 4.69) is 30.4 Å². The van der Waals surface area contributed by atoms with Gasteiger partial charge in [0.05, 0.1) is 43.0 Å². The molecule has 5 aromatic rings. The SMILES string of the molecule is Nc1nccc(-c2c(-c3ccc(F)cc3)ncn2C2CCN(CC(=O)NC[C@@](O)(Cn3cncn3)c3ccc(F)cc3F)CC2)n1. The summed E-state index contributed by atoms with van der Waals surface area (Å²) in [4.78, 5) is 31.9. The molecule has 0 bridgehead atoms. The van der Waals surface area contributed by atoms with Crippen LogP contribution in [0.1, 0.15) is 24.4 Å². The third kappa shape index (κ3) is 6.74. The van der Waals surface area contributed by atoms with Gasteiger partial charge >= 0.3 is 0 Å². The lowest BCUT2D eigenvalue weighted by Crippen LogP contribution is -2.48. The molecule has 4 heterocycles. The van der Waals surface area contributed by atoms with Crippen LogP contribution < -0.4 is 11.1 Å². The van der Waals surface area contributed by atoms with Crippen molar-refractivity contribution in [1.82, 2.24) is 44.5 Å². The number of nitrogen functional groups attached to an aromatic ring is 1. The lowest BCUT2D eigenvalue weighted by atomic mass is 9.92. The van der Waals surface area contributed by atoms with Crippen LogP contribution in [0.4, 0.5) is 19.1 Å². The van der Waals surface area contributed by atoms with Crippen molar-refractivity contribution in [2.45, 2.75) is 31.0 Å². The number of piperidine rings is 1. The van der Waals surface area contributed by atoms with E-state index < -0.39 is 17.2 Å². The Kier molecular flexibility index (Phi) is 8.76. The topological polar surface area (TPSA) is 153 Å². The molecule has 6 rings (SSSR count). The van der Waals surface area contributed by atoms with E-state index in [1.54, 1.807) is 30.7 Å². The molecular weight excluding hydrogens is 601 g/mol. The minimum absolute atomic E-state index is 0.0291. The summed E-state index contributed by atoms with van der Waals surface area (Å²) in [6.07, 6.45) is 7.32. The Morgan fingerprint density at radius 1 is 1.02 bits per heavy atom. The summed E-state index contributed by atoms with van der Waals surface area (Å²) < 4.78 is 45.3. The summed E-state index contributed by atoms with van der Waals surface area (Å²) in [6, 6.07) is 10.7. The maximum atomic E-state index is 14.7. The molecular formula is C31H31F3N10O2. The number of nitrogens with one attached hydrogen (secondary N) is 1. The van der Waals surface area contributed by atoms with E-state index in [1.807, 2.05) is 9.47 Å². The molecule has 4 N–H and O–H groups in total. The summed E-state index contributed by atoms with van der Waals surface area (Å²) >= 11 is 0. The number of halogens is 3. The Bertz CT molecular complexity index is 1810. The van der Waals surface area contributed by atoms with Crippen molar-refractivity contribution in [3.63, 3.8) is 0 Å². The number of hydrogen-bond donors (Lipinski definition) is 3. The van der Waals surface area contributed by atoms with Gasteiger partial charge in [-0.15, -0.1) is 0 Å². The van der Waals surface area contributed by atoms with E-state index in [0.717, 1.165) is 23.4 Å². The number of imidazole rings is 1. The normalized spacial score (nSPS) is 15.5. The fourth-order valence-corrected chi connectivity index (χ4v) is 5.76. The average Bonchev–Trinajstić information content (AvgIpc) is 3.71. The molecule has 1 aliphatic heterocycles. The van der Waals surface area contributed by atoms with Crippen LogP contribution in [-0.2, 0) is 16.9 Å². The molecule has 12 nitrogen and oxygen atoms in total. The lowest BCUT2D eigenvalue weighted by molar-refractivity contribution is -0.124. The number of aliphatic hydroxyl groups is 1. The highest BCUT2D eigenvalue weighted by molar-refractivity contribution is 5.78. The number of benzene rings is 2. The van der Waals surface area contributed by atoms with Crippen molar-refractivity contribution < 1.29 is 23.1 Å². The van der Waals surface area contributed by atoms with Gasteiger partial charge in [-0.05, 0) is 49.2 Å². The smallest absolute Gasteiger partial charge is 0.234 e. The molecule has 1 fully saturated rings. The summed E-state index contributed by atoms with van der Waals surface area (Å²) in [6.45, 7) is 0.675. The minimum atomic E-state index is -1.92. The summed E-state index contributed by atoms with van der Waals surface area (Å²) in [7, 11) is 0. The Labute approximate surface area is 261 Å². The highest BCUT2D eigenvalue weighted by Gasteiger charge is 2.34. The van der Waals surface area contributed by atoms with Crippen molar-refractivity contribution in [3.05, 3.63) is 96.7 Å². The van der Waals surface area contributed by atoms with Crippen LogP contribution in [0, 0.1) is 17.5 Å². The van der Waals surface area contributed by atoms with Crippen LogP contribution in [0.2, 0.25) is 0 Å². The van der Waals surface area contributed by atoms with Crippen molar-refractivity contribution in [2.75, 3.05) is 31.9 Å². The fourth-order valence-electron chi connectivity index (χ4n) is 5.76. The standard InChI is InChI=1S/C31H31F3N10O2/c32-21-3-1-20(2-4-21)28-29(26-7-10-37-30(35)41-26)44(19-39-28)23-8-11-42(12-9-23)14-27(45)38-15-31(46,16-43-18-36-17-40-43)24-6-5-22(33)13-25(24)34/h1-7,10,13,17-19,23,46H,8-9,11-12,14-16H2,(H,38,45)(H2,35,37,41)/t31-/m1/s1. The average molecular weight is 633 g/mol. The monoisotopic (exact) mass is 632 g/mol. The van der Waals surface area contributed by atoms with Gasteiger partial charge in [-0.3, -0.25) is 9.69 Å². The third-order valence-electron chi connectivity index (χ3n) is 8.05. The minimum Gasteiger partial charge on any atom is -0.381 e. The van der Waals surface area contributed by atoms with Crippen LogP contribution >= 0.6 is 0 Å². The second-order valence-electron chi connectivity index (χ2n) is 11.2. The van der Waals surface area contributed by atoms with Crippen LogP contribution in [0.5, 0.6) is 0 Å². The number of rotatable bonds is 10. The zero-order chi connectivity index (χ0) is 32.3. The Hall–Kier alpha value is -5.15. The zero-order valence-electron chi connectivity index (χ0n) is 24.6. The van der Waals surface area contributed by atoms with Crippen LogP contribution in [0.15, 0.2) is 73.7 Å². The molecule has 3 aromatic heterocycles. The number of amides is 1. The second kappa shape index (κ2) is 13.1. The molecule has 0 unspecified atom stereocenters. The summed E-state index contributed by atoms with van der Waals surface area (Å²) in [5.74, 6) is -2.32. The summed E-state index contributed by atoms with van der Waals surface area (Å²) in [5, 5.41) is 18.1. The first-order valence-corrected chi connectivity index (χ1v) is 14.6. The maximum absolute atomic E-state index is 14.7. The molecule has 0 radical (unpaired) electrons. The Morgan fingerprint density at radius 2 is 1.78 bits per heavy atom. The van der Waals surface area contributed by atoms with E-state index in [4.69, 9.17) is 5.73 Å². The second-order valence-corrected chi connectivity index (χ2v) is 11.2. The van der Waals surface area contributed by atoms with Gasteiger partial charge in [-0.1, -0.05) is 6.07 Å². The van der Waals surface area contributed by atoms with E-state index in [1.165, 1.54) is 29.5 Å².